The molecule has 2 fully saturated rings. The number of ketones is 1. The second-order valence-corrected chi connectivity index (χ2v) is 5.42. The predicted molar refractivity (Wildman–Crippen MR) is 66.7 cm³/mol. The summed E-state index contributed by atoms with van der Waals surface area (Å²) in [6, 6.07) is -0.434. The van der Waals surface area contributed by atoms with E-state index in [4.69, 9.17) is 4.84 Å². The van der Waals surface area contributed by atoms with Gasteiger partial charge in [0.25, 0.3) is 0 Å². The molecule has 102 valence electrons. The number of carbonyl (C=O) groups is 2. The van der Waals surface area contributed by atoms with Gasteiger partial charge < -0.3 is 10.2 Å². The third-order valence-electron chi connectivity index (χ3n) is 3.65. The standard InChI is InChI=1S/C13H22N2O3/c1-9(2)12(16)11-6-4-8-15(11)18-13(17)10-5-3-7-14-10/h9-11,14H,3-8H2,1-2H3/t10-,11?/m0/s1. The molecule has 2 heterocycles. The van der Waals surface area contributed by atoms with E-state index in [-0.39, 0.29) is 29.8 Å². The zero-order valence-electron chi connectivity index (χ0n) is 11.1. The molecule has 5 heteroatoms. The lowest BCUT2D eigenvalue weighted by molar-refractivity contribution is -0.197. The molecule has 2 rings (SSSR count). The van der Waals surface area contributed by atoms with Crippen LogP contribution in [-0.2, 0) is 14.4 Å². The van der Waals surface area contributed by atoms with Gasteiger partial charge in [0.15, 0.2) is 5.78 Å². The molecule has 1 N–H and O–H groups in total. The van der Waals surface area contributed by atoms with Crippen LogP contribution < -0.4 is 5.32 Å². The van der Waals surface area contributed by atoms with Crippen molar-refractivity contribution in [1.29, 1.82) is 0 Å². The van der Waals surface area contributed by atoms with E-state index in [9.17, 15) is 9.59 Å². The molecule has 0 amide bonds. The van der Waals surface area contributed by atoms with Gasteiger partial charge in [0.2, 0.25) is 0 Å². The van der Waals surface area contributed by atoms with Crippen LogP contribution in [0.2, 0.25) is 0 Å². The molecule has 0 aromatic rings. The summed E-state index contributed by atoms with van der Waals surface area (Å²) in [7, 11) is 0. The Balaban J connectivity index is 1.91. The third kappa shape index (κ3) is 2.90. The summed E-state index contributed by atoms with van der Waals surface area (Å²) in [5.74, 6) is -0.0884. The lowest BCUT2D eigenvalue weighted by Crippen LogP contribution is -2.43. The van der Waals surface area contributed by atoms with E-state index in [2.05, 4.69) is 5.32 Å². The summed E-state index contributed by atoms with van der Waals surface area (Å²) in [5, 5.41) is 4.70. The highest BCUT2D eigenvalue weighted by molar-refractivity contribution is 5.86. The van der Waals surface area contributed by atoms with Crippen molar-refractivity contribution in [2.24, 2.45) is 5.92 Å². The van der Waals surface area contributed by atoms with E-state index in [1.807, 2.05) is 13.8 Å². The molecule has 0 saturated carbocycles. The van der Waals surface area contributed by atoms with E-state index in [0.29, 0.717) is 6.54 Å². The van der Waals surface area contributed by atoms with Gasteiger partial charge in [-0.15, -0.1) is 5.06 Å². The molecule has 18 heavy (non-hydrogen) atoms. The minimum atomic E-state index is -0.240. The Kier molecular flexibility index (Phi) is 4.35. The first-order valence-electron chi connectivity index (χ1n) is 6.85. The summed E-state index contributed by atoms with van der Waals surface area (Å²) < 4.78 is 0. The van der Waals surface area contributed by atoms with Crippen LogP contribution >= 0.6 is 0 Å². The van der Waals surface area contributed by atoms with Crippen molar-refractivity contribution < 1.29 is 14.4 Å². The zero-order valence-corrected chi connectivity index (χ0v) is 11.1. The van der Waals surface area contributed by atoms with Crippen LogP contribution in [0.15, 0.2) is 0 Å². The molecule has 0 spiro atoms. The van der Waals surface area contributed by atoms with Gasteiger partial charge in [-0.05, 0) is 32.2 Å². The molecule has 0 aromatic heterocycles. The molecular weight excluding hydrogens is 232 g/mol. The molecule has 0 aliphatic carbocycles. The van der Waals surface area contributed by atoms with Crippen molar-refractivity contribution >= 4 is 11.8 Å². The van der Waals surface area contributed by atoms with Crippen LogP contribution in [0.5, 0.6) is 0 Å². The Morgan fingerprint density at radius 1 is 1.28 bits per heavy atom. The van der Waals surface area contributed by atoms with Crippen molar-refractivity contribution in [3.8, 4) is 0 Å². The fourth-order valence-corrected chi connectivity index (χ4v) is 2.58. The number of nitrogens with one attached hydrogen (secondary N) is 1. The van der Waals surface area contributed by atoms with E-state index in [0.717, 1.165) is 32.2 Å². The molecule has 2 atom stereocenters. The van der Waals surface area contributed by atoms with E-state index in [1.165, 1.54) is 0 Å². The highest BCUT2D eigenvalue weighted by atomic mass is 16.7. The maximum absolute atomic E-state index is 12.0. The molecule has 2 saturated heterocycles. The Morgan fingerprint density at radius 3 is 2.67 bits per heavy atom. The smallest absolute Gasteiger partial charge is 0.342 e. The SMILES string of the molecule is CC(C)C(=O)C1CCCN1OC(=O)[C@@H]1CCCN1. The highest BCUT2D eigenvalue weighted by Gasteiger charge is 2.36. The molecule has 0 bridgehead atoms. The number of hydrogen-bond acceptors (Lipinski definition) is 5. The molecule has 2 aliphatic rings. The molecular formula is C13H22N2O3. The first-order valence-corrected chi connectivity index (χ1v) is 6.85. The minimum Gasteiger partial charge on any atom is -0.366 e. The fourth-order valence-electron chi connectivity index (χ4n) is 2.58. The largest absolute Gasteiger partial charge is 0.366 e. The normalized spacial score (nSPS) is 28.8. The second-order valence-electron chi connectivity index (χ2n) is 5.42. The van der Waals surface area contributed by atoms with Gasteiger partial charge in [-0.1, -0.05) is 13.8 Å². The highest BCUT2D eigenvalue weighted by Crippen LogP contribution is 2.22. The number of nitrogens with zero attached hydrogens (tertiary/aromatic N) is 1. The Hall–Kier alpha value is -0.940. The summed E-state index contributed by atoms with van der Waals surface area (Å²) in [5.41, 5.74) is 0. The summed E-state index contributed by atoms with van der Waals surface area (Å²) in [6.45, 7) is 5.31. The maximum Gasteiger partial charge on any atom is 0.342 e. The lowest BCUT2D eigenvalue weighted by atomic mass is 10.0. The van der Waals surface area contributed by atoms with Crippen LogP contribution in [0.25, 0.3) is 0 Å². The van der Waals surface area contributed by atoms with Gasteiger partial charge in [-0.3, -0.25) is 4.79 Å². The first-order chi connectivity index (χ1) is 8.59. The summed E-state index contributed by atoms with van der Waals surface area (Å²) in [4.78, 5) is 29.3. The zero-order chi connectivity index (χ0) is 13.1. The molecule has 0 radical (unpaired) electrons. The van der Waals surface area contributed by atoms with Crippen molar-refractivity contribution in [2.75, 3.05) is 13.1 Å². The Bertz CT molecular complexity index is 324. The van der Waals surface area contributed by atoms with Gasteiger partial charge in [-0.2, -0.15) is 0 Å². The minimum absolute atomic E-state index is 0.0149. The monoisotopic (exact) mass is 254 g/mol. The van der Waals surface area contributed by atoms with E-state index < -0.39 is 0 Å². The van der Waals surface area contributed by atoms with Gasteiger partial charge in [-0.25, -0.2) is 4.79 Å². The molecule has 2 aliphatic heterocycles. The Morgan fingerprint density at radius 2 is 2.06 bits per heavy atom. The average molecular weight is 254 g/mol. The molecule has 5 nitrogen and oxygen atoms in total. The predicted octanol–water partition coefficient (Wildman–Crippen LogP) is 0.886. The van der Waals surface area contributed by atoms with Crippen LogP contribution in [0.3, 0.4) is 0 Å². The Labute approximate surface area is 108 Å². The number of Topliss-reactive ketones (excluding diaryl/α,β-unsaturated/α-hetero) is 1. The van der Waals surface area contributed by atoms with Crippen LogP contribution in [-0.4, -0.2) is 42.0 Å². The third-order valence-corrected chi connectivity index (χ3v) is 3.65. The van der Waals surface area contributed by atoms with E-state index in [1.54, 1.807) is 5.06 Å². The first kappa shape index (κ1) is 13.5. The fraction of sp³-hybridized carbons (Fsp3) is 0.846. The van der Waals surface area contributed by atoms with Gasteiger partial charge in [0, 0.05) is 12.5 Å². The number of rotatable bonds is 4. The number of hydroxylamine groups is 2. The summed E-state index contributed by atoms with van der Waals surface area (Å²) in [6.07, 6.45) is 3.54. The van der Waals surface area contributed by atoms with Crippen LogP contribution in [0.1, 0.15) is 39.5 Å². The van der Waals surface area contributed by atoms with Crippen LogP contribution in [0, 0.1) is 5.92 Å². The number of carbonyl (C=O) groups excluding carboxylic acids is 2. The van der Waals surface area contributed by atoms with Gasteiger partial charge in [0.05, 0.1) is 0 Å². The van der Waals surface area contributed by atoms with Crippen LogP contribution in [0.4, 0.5) is 0 Å². The topological polar surface area (TPSA) is 58.6 Å². The quantitative estimate of drug-likeness (QED) is 0.807. The molecule has 0 aromatic carbocycles. The van der Waals surface area contributed by atoms with Gasteiger partial charge in [0.1, 0.15) is 12.1 Å². The van der Waals surface area contributed by atoms with Gasteiger partial charge >= 0.3 is 5.97 Å². The molecule has 1 unspecified atom stereocenters. The van der Waals surface area contributed by atoms with Crippen molar-refractivity contribution in [1.82, 2.24) is 10.4 Å². The van der Waals surface area contributed by atoms with Crippen molar-refractivity contribution in [3.63, 3.8) is 0 Å². The maximum atomic E-state index is 12.0. The lowest BCUT2D eigenvalue weighted by Gasteiger charge is -2.24. The van der Waals surface area contributed by atoms with Crippen molar-refractivity contribution in [3.05, 3.63) is 0 Å². The summed E-state index contributed by atoms with van der Waals surface area (Å²) >= 11 is 0. The van der Waals surface area contributed by atoms with Crippen molar-refractivity contribution in [2.45, 2.75) is 51.6 Å². The average Bonchev–Trinajstić information content (AvgIpc) is 2.98. The number of hydrogen-bond donors (Lipinski definition) is 1. The second kappa shape index (κ2) is 5.80. The van der Waals surface area contributed by atoms with E-state index >= 15 is 0 Å².